The average molecular weight is 284 g/mol. The number of hydrogen-bond acceptors (Lipinski definition) is 3. The number of fused-ring (bicyclic) bond motifs is 1. The Hall–Kier alpha value is -2.63. The first-order valence-electron chi connectivity index (χ1n) is 6.71. The van der Waals surface area contributed by atoms with E-state index in [0.29, 0.717) is 11.5 Å². The third kappa shape index (κ3) is 2.08. The monoisotopic (exact) mass is 284 g/mol. The van der Waals surface area contributed by atoms with Gasteiger partial charge in [0.05, 0.1) is 5.39 Å². The van der Waals surface area contributed by atoms with E-state index in [2.05, 4.69) is 10.1 Å². The van der Waals surface area contributed by atoms with Gasteiger partial charge in [-0.2, -0.15) is 5.10 Å². The van der Waals surface area contributed by atoms with E-state index in [0.717, 1.165) is 16.6 Å². The number of carboxylic acid groups (broad SMARTS) is 1. The number of nitrogens with zero attached hydrogens (tertiary/aromatic N) is 4. The molecule has 3 aromatic heterocycles. The number of aromatic nitrogens is 4. The second-order valence-electron chi connectivity index (χ2n) is 5.15. The number of hydrogen-bond donors (Lipinski definition) is 1. The highest BCUT2D eigenvalue weighted by Crippen LogP contribution is 2.27. The first-order chi connectivity index (χ1) is 9.99. The number of aryl methyl sites for hydroxylation is 2. The van der Waals surface area contributed by atoms with Crippen molar-refractivity contribution in [1.29, 1.82) is 0 Å². The minimum absolute atomic E-state index is 0.603. The lowest BCUT2D eigenvalue weighted by atomic mass is 10.1. The van der Waals surface area contributed by atoms with Gasteiger partial charge in [-0.25, -0.2) is 14.5 Å². The predicted molar refractivity (Wildman–Crippen MR) is 78.7 cm³/mol. The van der Waals surface area contributed by atoms with Crippen molar-refractivity contribution < 1.29 is 9.90 Å². The highest BCUT2D eigenvalue weighted by Gasteiger charge is 2.22. The van der Waals surface area contributed by atoms with Crippen LogP contribution >= 0.6 is 0 Å². The Bertz CT molecular complexity index is 818. The van der Waals surface area contributed by atoms with E-state index >= 15 is 0 Å². The first-order valence-corrected chi connectivity index (χ1v) is 6.71. The summed E-state index contributed by atoms with van der Waals surface area (Å²) in [7, 11) is 0. The molecule has 6 nitrogen and oxygen atoms in total. The van der Waals surface area contributed by atoms with E-state index in [9.17, 15) is 9.90 Å². The molecule has 0 aliphatic rings. The lowest BCUT2D eigenvalue weighted by molar-refractivity contribution is -0.140. The molecular weight excluding hydrogens is 268 g/mol. The summed E-state index contributed by atoms with van der Waals surface area (Å²) in [5, 5.41) is 14.6. The smallest absolute Gasteiger partial charge is 0.328 e. The van der Waals surface area contributed by atoms with Crippen molar-refractivity contribution in [3.63, 3.8) is 0 Å². The predicted octanol–water partition coefficient (Wildman–Crippen LogP) is 2.48. The maximum absolute atomic E-state index is 11.3. The number of rotatable bonds is 3. The Morgan fingerprint density at radius 3 is 2.57 bits per heavy atom. The zero-order chi connectivity index (χ0) is 15.1. The molecule has 0 aromatic carbocycles. The van der Waals surface area contributed by atoms with E-state index in [1.807, 2.05) is 49.0 Å². The van der Waals surface area contributed by atoms with E-state index in [1.165, 1.54) is 4.68 Å². The van der Waals surface area contributed by atoms with Gasteiger partial charge in [-0.3, -0.25) is 0 Å². The van der Waals surface area contributed by atoms with Gasteiger partial charge in [-0.1, -0.05) is 0 Å². The van der Waals surface area contributed by atoms with Crippen LogP contribution in [0.4, 0.5) is 0 Å². The van der Waals surface area contributed by atoms with E-state index in [1.54, 1.807) is 6.92 Å². The molecule has 3 heterocycles. The molecule has 1 unspecified atom stereocenters. The van der Waals surface area contributed by atoms with Crippen LogP contribution in [-0.4, -0.2) is 30.4 Å². The summed E-state index contributed by atoms with van der Waals surface area (Å²) < 4.78 is 3.35. The van der Waals surface area contributed by atoms with Gasteiger partial charge in [0, 0.05) is 18.1 Å². The highest BCUT2D eigenvalue weighted by molar-refractivity contribution is 5.88. The zero-order valence-electron chi connectivity index (χ0n) is 12.1. The van der Waals surface area contributed by atoms with Crippen molar-refractivity contribution >= 4 is 17.0 Å². The van der Waals surface area contributed by atoms with Crippen molar-refractivity contribution in [3.8, 4) is 5.82 Å². The SMILES string of the molecule is Cc1cc(C)c2c(-n3cccc3)nn(C(C)C(=O)O)c2n1. The molecule has 0 bridgehead atoms. The molecule has 0 aliphatic heterocycles. The van der Waals surface area contributed by atoms with Crippen molar-refractivity contribution in [2.24, 2.45) is 0 Å². The summed E-state index contributed by atoms with van der Waals surface area (Å²) in [4.78, 5) is 15.8. The van der Waals surface area contributed by atoms with Gasteiger partial charge in [-0.15, -0.1) is 0 Å². The average Bonchev–Trinajstić information content (AvgIpc) is 3.03. The van der Waals surface area contributed by atoms with Gasteiger partial charge in [0.1, 0.15) is 6.04 Å². The summed E-state index contributed by atoms with van der Waals surface area (Å²) in [6, 6.07) is 5.02. The normalized spacial score (nSPS) is 12.7. The Labute approximate surface area is 121 Å². The molecule has 0 radical (unpaired) electrons. The maximum atomic E-state index is 11.3. The first kappa shape index (κ1) is 13.4. The van der Waals surface area contributed by atoms with Crippen molar-refractivity contribution in [3.05, 3.63) is 41.9 Å². The molecule has 3 aromatic rings. The van der Waals surface area contributed by atoms with E-state index in [-0.39, 0.29) is 0 Å². The van der Waals surface area contributed by atoms with Crippen molar-refractivity contribution in [2.75, 3.05) is 0 Å². The molecule has 21 heavy (non-hydrogen) atoms. The topological polar surface area (TPSA) is 72.9 Å². The molecule has 1 N–H and O–H groups in total. The number of carbonyl (C=O) groups is 1. The second kappa shape index (κ2) is 4.73. The van der Waals surface area contributed by atoms with Crippen LogP contribution in [0.5, 0.6) is 0 Å². The Morgan fingerprint density at radius 1 is 1.29 bits per heavy atom. The van der Waals surface area contributed by atoms with Crippen LogP contribution in [0.25, 0.3) is 16.9 Å². The number of pyridine rings is 1. The van der Waals surface area contributed by atoms with E-state index < -0.39 is 12.0 Å². The molecular formula is C15H16N4O2. The molecule has 0 saturated carbocycles. The van der Waals surface area contributed by atoms with Gasteiger partial charge in [0.2, 0.25) is 0 Å². The Morgan fingerprint density at radius 2 is 1.95 bits per heavy atom. The van der Waals surface area contributed by atoms with Crippen LogP contribution in [0.1, 0.15) is 24.2 Å². The molecule has 0 saturated heterocycles. The van der Waals surface area contributed by atoms with Gasteiger partial charge < -0.3 is 9.67 Å². The third-order valence-electron chi connectivity index (χ3n) is 3.54. The summed E-state index contributed by atoms with van der Waals surface area (Å²) in [5.41, 5.74) is 2.48. The maximum Gasteiger partial charge on any atom is 0.328 e. The van der Waals surface area contributed by atoms with E-state index in [4.69, 9.17) is 0 Å². The number of carboxylic acids is 1. The third-order valence-corrected chi connectivity index (χ3v) is 3.54. The molecule has 0 aliphatic carbocycles. The molecule has 0 fully saturated rings. The largest absolute Gasteiger partial charge is 0.480 e. The molecule has 0 spiro atoms. The fraction of sp³-hybridized carbons (Fsp3) is 0.267. The Kier molecular flexibility index (Phi) is 3.01. The summed E-state index contributed by atoms with van der Waals surface area (Å²) >= 11 is 0. The Balaban J connectivity index is 2.37. The van der Waals surface area contributed by atoms with Gasteiger partial charge in [-0.05, 0) is 44.5 Å². The minimum atomic E-state index is -0.931. The van der Waals surface area contributed by atoms with Crippen LogP contribution in [0.3, 0.4) is 0 Å². The van der Waals surface area contributed by atoms with Gasteiger partial charge >= 0.3 is 5.97 Å². The summed E-state index contributed by atoms with van der Waals surface area (Å²) in [6.45, 7) is 5.49. The quantitative estimate of drug-likeness (QED) is 0.802. The van der Waals surface area contributed by atoms with Crippen LogP contribution < -0.4 is 0 Å². The standard InChI is InChI=1S/C15H16N4O2/c1-9-8-10(2)16-13-12(9)14(18-6-4-5-7-18)17-19(13)11(3)15(20)21/h4-8,11H,1-3H3,(H,20,21). The fourth-order valence-electron chi connectivity index (χ4n) is 2.49. The van der Waals surface area contributed by atoms with Gasteiger partial charge in [0.25, 0.3) is 0 Å². The molecule has 0 amide bonds. The van der Waals surface area contributed by atoms with Crippen LogP contribution in [-0.2, 0) is 4.79 Å². The molecule has 6 heteroatoms. The molecule has 1 atom stereocenters. The summed E-state index contributed by atoms with van der Waals surface area (Å²) in [5.74, 6) is -0.229. The zero-order valence-corrected chi connectivity index (χ0v) is 12.1. The van der Waals surface area contributed by atoms with Crippen LogP contribution in [0.2, 0.25) is 0 Å². The second-order valence-corrected chi connectivity index (χ2v) is 5.15. The minimum Gasteiger partial charge on any atom is -0.480 e. The fourth-order valence-corrected chi connectivity index (χ4v) is 2.49. The molecule has 3 rings (SSSR count). The highest BCUT2D eigenvalue weighted by atomic mass is 16.4. The summed E-state index contributed by atoms with van der Waals surface area (Å²) in [6.07, 6.45) is 3.77. The number of aliphatic carboxylic acids is 1. The van der Waals surface area contributed by atoms with Gasteiger partial charge in [0.15, 0.2) is 11.5 Å². The van der Waals surface area contributed by atoms with Crippen LogP contribution in [0.15, 0.2) is 30.6 Å². The van der Waals surface area contributed by atoms with Crippen LogP contribution in [0, 0.1) is 13.8 Å². The van der Waals surface area contributed by atoms with Crippen molar-refractivity contribution in [1.82, 2.24) is 19.3 Å². The lowest BCUT2D eigenvalue weighted by Gasteiger charge is -2.07. The molecule has 108 valence electrons. The van der Waals surface area contributed by atoms with Crippen molar-refractivity contribution in [2.45, 2.75) is 26.8 Å². The lowest BCUT2D eigenvalue weighted by Crippen LogP contribution is -2.17.